The fourth-order valence-corrected chi connectivity index (χ4v) is 3.40. The Hall–Kier alpha value is -2.41. The highest BCUT2D eigenvalue weighted by Gasteiger charge is 2.11. The van der Waals surface area contributed by atoms with Gasteiger partial charge in [-0.15, -0.1) is 11.3 Å². The Morgan fingerprint density at radius 1 is 1.12 bits per heavy atom. The number of imidazole rings is 1. The fraction of sp³-hybridized carbons (Fsp3) is 0. The molecule has 4 aromatic rings. The number of hydrogen-bond donors (Lipinski definition) is 2. The minimum atomic E-state index is -0.199. The summed E-state index contributed by atoms with van der Waals surface area (Å²) in [5, 5.41) is 3.42. The number of halogens is 2. The van der Waals surface area contributed by atoms with E-state index in [1.54, 1.807) is 36.5 Å². The van der Waals surface area contributed by atoms with Crippen LogP contribution < -0.4 is 5.32 Å². The number of nitrogens with zero attached hydrogens (tertiary/aromatic N) is 2. The van der Waals surface area contributed by atoms with Crippen LogP contribution in [0.3, 0.4) is 0 Å². The van der Waals surface area contributed by atoms with E-state index in [4.69, 9.17) is 23.2 Å². The van der Waals surface area contributed by atoms with Crippen molar-refractivity contribution in [2.24, 2.45) is 0 Å². The molecule has 0 bridgehead atoms. The SMILES string of the molecule is O=C(Nc1ccc2nc(-c3ccc(Cl)cn3)[nH]c2c1)c1ccc(Cl)s1. The average Bonchev–Trinajstić information content (AvgIpc) is 3.21. The highest BCUT2D eigenvalue weighted by molar-refractivity contribution is 7.18. The third-order valence-corrected chi connectivity index (χ3v) is 4.96. The lowest BCUT2D eigenvalue weighted by molar-refractivity contribution is 0.103. The lowest BCUT2D eigenvalue weighted by atomic mass is 10.2. The first-order chi connectivity index (χ1) is 12.1. The zero-order valence-electron chi connectivity index (χ0n) is 12.6. The van der Waals surface area contributed by atoms with Gasteiger partial charge in [-0.05, 0) is 42.5 Å². The minimum absolute atomic E-state index is 0.199. The van der Waals surface area contributed by atoms with E-state index in [2.05, 4.69) is 20.3 Å². The number of anilines is 1. The molecular formula is C17H10Cl2N4OS. The smallest absolute Gasteiger partial charge is 0.265 e. The molecule has 0 saturated heterocycles. The molecule has 4 rings (SSSR count). The quantitative estimate of drug-likeness (QED) is 0.503. The summed E-state index contributed by atoms with van der Waals surface area (Å²) in [5.41, 5.74) is 2.94. The van der Waals surface area contributed by atoms with Crippen LogP contribution in [0.15, 0.2) is 48.7 Å². The first kappa shape index (κ1) is 16.1. The van der Waals surface area contributed by atoms with Gasteiger partial charge >= 0.3 is 0 Å². The lowest BCUT2D eigenvalue weighted by Gasteiger charge is -2.03. The van der Waals surface area contributed by atoms with E-state index < -0.39 is 0 Å². The summed E-state index contributed by atoms with van der Waals surface area (Å²) in [6.45, 7) is 0. The summed E-state index contributed by atoms with van der Waals surface area (Å²) >= 11 is 13.0. The number of pyridine rings is 1. The zero-order valence-corrected chi connectivity index (χ0v) is 14.9. The van der Waals surface area contributed by atoms with Crippen molar-refractivity contribution in [3.8, 4) is 11.5 Å². The third kappa shape index (κ3) is 3.37. The van der Waals surface area contributed by atoms with E-state index >= 15 is 0 Å². The molecule has 0 atom stereocenters. The number of H-pyrrole nitrogens is 1. The number of fused-ring (bicyclic) bond motifs is 1. The number of thiophene rings is 1. The third-order valence-electron chi connectivity index (χ3n) is 3.51. The molecule has 8 heteroatoms. The largest absolute Gasteiger partial charge is 0.337 e. The molecule has 1 aromatic carbocycles. The van der Waals surface area contributed by atoms with Crippen molar-refractivity contribution in [2.75, 3.05) is 5.32 Å². The summed E-state index contributed by atoms with van der Waals surface area (Å²) in [7, 11) is 0. The van der Waals surface area contributed by atoms with E-state index in [1.165, 1.54) is 11.3 Å². The predicted octanol–water partition coefficient (Wildman–Crippen LogP) is 5.25. The van der Waals surface area contributed by atoms with Gasteiger partial charge in [0.15, 0.2) is 5.82 Å². The highest BCUT2D eigenvalue weighted by atomic mass is 35.5. The van der Waals surface area contributed by atoms with Crippen molar-refractivity contribution >= 4 is 57.2 Å². The number of hydrogen-bond acceptors (Lipinski definition) is 4. The average molecular weight is 389 g/mol. The van der Waals surface area contributed by atoms with Gasteiger partial charge in [0.1, 0.15) is 5.69 Å². The number of aromatic amines is 1. The molecule has 0 spiro atoms. The number of benzene rings is 1. The summed E-state index contributed by atoms with van der Waals surface area (Å²) in [4.78, 5) is 24.7. The Labute approximate surface area is 156 Å². The van der Waals surface area contributed by atoms with Gasteiger partial charge in [-0.3, -0.25) is 9.78 Å². The Kier molecular flexibility index (Phi) is 4.17. The molecule has 3 aromatic heterocycles. The predicted molar refractivity (Wildman–Crippen MR) is 102 cm³/mol. The molecule has 25 heavy (non-hydrogen) atoms. The van der Waals surface area contributed by atoms with Crippen molar-refractivity contribution in [1.29, 1.82) is 0 Å². The Morgan fingerprint density at radius 2 is 2.00 bits per heavy atom. The van der Waals surface area contributed by atoms with Gasteiger partial charge in [0, 0.05) is 11.9 Å². The molecule has 0 radical (unpaired) electrons. The maximum atomic E-state index is 12.2. The molecule has 0 unspecified atom stereocenters. The van der Waals surface area contributed by atoms with Gasteiger partial charge < -0.3 is 10.3 Å². The fourth-order valence-electron chi connectivity index (χ4n) is 2.35. The van der Waals surface area contributed by atoms with Crippen LogP contribution in [-0.4, -0.2) is 20.9 Å². The van der Waals surface area contributed by atoms with Crippen LogP contribution in [0, 0.1) is 0 Å². The molecule has 0 aliphatic rings. The summed E-state index contributed by atoms with van der Waals surface area (Å²) in [6.07, 6.45) is 1.57. The van der Waals surface area contributed by atoms with Gasteiger partial charge in [0.2, 0.25) is 0 Å². The van der Waals surface area contributed by atoms with Crippen LogP contribution >= 0.6 is 34.5 Å². The van der Waals surface area contributed by atoms with Crippen molar-refractivity contribution in [3.63, 3.8) is 0 Å². The van der Waals surface area contributed by atoms with E-state index in [-0.39, 0.29) is 5.91 Å². The second-order valence-corrected chi connectivity index (χ2v) is 7.39. The van der Waals surface area contributed by atoms with Crippen molar-refractivity contribution < 1.29 is 4.79 Å². The van der Waals surface area contributed by atoms with Crippen molar-refractivity contribution in [2.45, 2.75) is 0 Å². The van der Waals surface area contributed by atoms with Crippen LogP contribution in [0.25, 0.3) is 22.6 Å². The second-order valence-electron chi connectivity index (χ2n) is 5.24. The molecular weight excluding hydrogens is 379 g/mol. The highest BCUT2D eigenvalue weighted by Crippen LogP contribution is 2.25. The number of aromatic nitrogens is 3. The van der Waals surface area contributed by atoms with Gasteiger partial charge in [0.25, 0.3) is 5.91 Å². The van der Waals surface area contributed by atoms with Crippen LogP contribution in [0.4, 0.5) is 5.69 Å². The Bertz CT molecular complexity index is 1070. The molecule has 0 saturated carbocycles. The van der Waals surface area contributed by atoms with Gasteiger partial charge in [-0.1, -0.05) is 23.2 Å². The number of nitrogens with one attached hydrogen (secondary N) is 2. The topological polar surface area (TPSA) is 70.7 Å². The van der Waals surface area contributed by atoms with E-state index in [0.29, 0.717) is 31.4 Å². The Balaban J connectivity index is 1.61. The summed E-state index contributed by atoms with van der Waals surface area (Å²) < 4.78 is 0.578. The molecule has 3 heterocycles. The second kappa shape index (κ2) is 6.48. The van der Waals surface area contributed by atoms with Gasteiger partial charge in [-0.2, -0.15) is 0 Å². The van der Waals surface area contributed by atoms with Crippen LogP contribution in [0.5, 0.6) is 0 Å². The first-order valence-electron chi connectivity index (χ1n) is 7.27. The number of carbonyl (C=O) groups excluding carboxylic acids is 1. The number of rotatable bonds is 3. The molecule has 124 valence electrons. The lowest BCUT2D eigenvalue weighted by Crippen LogP contribution is -2.09. The van der Waals surface area contributed by atoms with Crippen molar-refractivity contribution in [1.82, 2.24) is 15.0 Å². The monoisotopic (exact) mass is 388 g/mol. The maximum absolute atomic E-state index is 12.2. The molecule has 0 aliphatic carbocycles. The first-order valence-corrected chi connectivity index (χ1v) is 8.84. The van der Waals surface area contributed by atoms with Gasteiger partial charge in [0.05, 0.1) is 25.3 Å². The zero-order chi connectivity index (χ0) is 17.4. The van der Waals surface area contributed by atoms with Crippen LogP contribution in [0.1, 0.15) is 9.67 Å². The van der Waals surface area contributed by atoms with Gasteiger partial charge in [-0.25, -0.2) is 4.98 Å². The molecule has 1 amide bonds. The van der Waals surface area contributed by atoms with E-state index in [1.807, 2.05) is 12.1 Å². The number of amides is 1. The Morgan fingerprint density at radius 3 is 2.72 bits per heavy atom. The molecule has 0 fully saturated rings. The summed E-state index contributed by atoms with van der Waals surface area (Å²) in [6, 6.07) is 12.4. The van der Waals surface area contributed by atoms with Crippen LogP contribution in [0.2, 0.25) is 9.36 Å². The summed E-state index contributed by atoms with van der Waals surface area (Å²) in [5.74, 6) is 0.440. The molecule has 5 nitrogen and oxygen atoms in total. The molecule has 2 N–H and O–H groups in total. The standard InChI is InChI=1S/C17H10Cl2N4OS/c18-9-1-3-12(20-8-9)16-22-11-4-2-10(7-13(11)23-16)21-17(24)14-5-6-15(19)25-14/h1-8H,(H,21,24)(H,22,23). The molecule has 0 aliphatic heterocycles. The maximum Gasteiger partial charge on any atom is 0.265 e. The van der Waals surface area contributed by atoms with Crippen LogP contribution in [-0.2, 0) is 0 Å². The normalized spacial score (nSPS) is 11.0. The minimum Gasteiger partial charge on any atom is -0.337 e. The van der Waals surface area contributed by atoms with E-state index in [0.717, 1.165) is 11.0 Å². The van der Waals surface area contributed by atoms with E-state index in [9.17, 15) is 4.79 Å². The number of carbonyl (C=O) groups is 1. The van der Waals surface area contributed by atoms with Crippen molar-refractivity contribution in [3.05, 3.63) is 62.9 Å².